The third-order valence-corrected chi connectivity index (χ3v) is 6.96. The molecule has 3 aliphatic rings. The van der Waals surface area contributed by atoms with Gasteiger partial charge in [-0.1, -0.05) is 45.8 Å². The molecule has 0 bridgehead atoms. The number of aryl methyl sites for hydroxylation is 2. The Balaban J connectivity index is 1.33. The van der Waals surface area contributed by atoms with Crippen LogP contribution in [0.5, 0.6) is 17.2 Å². The lowest BCUT2D eigenvalue weighted by Crippen LogP contribution is -2.31. The molecule has 0 radical (unpaired) electrons. The van der Waals surface area contributed by atoms with Crippen molar-refractivity contribution < 1.29 is 23.7 Å². The number of rotatable bonds is 3. The van der Waals surface area contributed by atoms with Crippen LogP contribution in [-0.2, 0) is 24.4 Å². The zero-order chi connectivity index (χ0) is 24.1. The number of ether oxygens (including phenoxy) is 4. The van der Waals surface area contributed by atoms with Crippen molar-refractivity contribution in [3.8, 4) is 17.2 Å². The summed E-state index contributed by atoms with van der Waals surface area (Å²) in [5.74, 6) is 2.23. The van der Waals surface area contributed by atoms with Gasteiger partial charge in [0.1, 0.15) is 24.0 Å². The first-order chi connectivity index (χ1) is 17.0. The maximum Gasteiger partial charge on any atom is 0.232 e. The van der Waals surface area contributed by atoms with E-state index in [0.717, 1.165) is 39.0 Å². The number of carbonyl (C=O) groups excluding carboxylic acids is 1. The molecule has 0 fully saturated rings. The normalized spacial score (nSPS) is 17.8. The summed E-state index contributed by atoms with van der Waals surface area (Å²) in [4.78, 5) is 15.6. The topological polar surface area (TPSA) is 57.2 Å². The second kappa shape index (κ2) is 8.82. The highest BCUT2D eigenvalue weighted by Crippen LogP contribution is 2.45. The minimum absolute atomic E-state index is 0.128. The molecule has 6 rings (SSSR count). The van der Waals surface area contributed by atoms with E-state index >= 15 is 0 Å². The summed E-state index contributed by atoms with van der Waals surface area (Å²) < 4.78 is 24.4. The second-order valence-electron chi connectivity index (χ2n) is 9.15. The van der Waals surface area contributed by atoms with E-state index in [2.05, 4.69) is 52.0 Å². The monoisotopic (exact) mass is 533 g/mol. The number of benzene rings is 3. The van der Waals surface area contributed by atoms with E-state index in [1.54, 1.807) is 6.08 Å². The van der Waals surface area contributed by atoms with E-state index in [1.165, 1.54) is 11.1 Å². The van der Waals surface area contributed by atoms with Gasteiger partial charge in [-0.3, -0.25) is 9.69 Å². The standard InChI is InChI=1S/C28H24BrNO5/c1-16-3-5-18(6-4-16)11-30-12-22-23(33-14-30)7-17(2)25-26(31)24(35-28(22)25)10-19-8-21(29)9-20-13-32-15-34-27(19)20/h3-10H,11-15H2,1-2H3/b24-10-. The summed E-state index contributed by atoms with van der Waals surface area (Å²) in [5, 5.41) is 0. The van der Waals surface area contributed by atoms with Gasteiger partial charge in [-0.05, 0) is 49.2 Å². The van der Waals surface area contributed by atoms with Crippen LogP contribution in [-0.4, -0.2) is 24.2 Å². The first-order valence-electron chi connectivity index (χ1n) is 11.5. The zero-order valence-corrected chi connectivity index (χ0v) is 21.1. The van der Waals surface area contributed by atoms with Crippen LogP contribution < -0.4 is 14.2 Å². The van der Waals surface area contributed by atoms with Gasteiger partial charge >= 0.3 is 0 Å². The van der Waals surface area contributed by atoms with Crippen LogP contribution >= 0.6 is 15.9 Å². The zero-order valence-electron chi connectivity index (χ0n) is 19.5. The molecular formula is C28H24BrNO5. The van der Waals surface area contributed by atoms with Crippen LogP contribution in [0.4, 0.5) is 0 Å². The molecule has 0 spiro atoms. The SMILES string of the molecule is Cc1ccc(CN2COc3cc(C)c4c(c3C2)O/C(=C\c2cc(Br)cc3c2OCOC3)C4=O)cc1. The van der Waals surface area contributed by atoms with Crippen molar-refractivity contribution in [2.24, 2.45) is 0 Å². The lowest BCUT2D eigenvalue weighted by Gasteiger charge is -2.30. The fourth-order valence-corrected chi connectivity index (χ4v) is 5.31. The minimum Gasteiger partial charge on any atom is -0.478 e. The van der Waals surface area contributed by atoms with Gasteiger partial charge in [-0.2, -0.15) is 0 Å². The van der Waals surface area contributed by atoms with Crippen molar-refractivity contribution in [3.63, 3.8) is 0 Å². The quantitative estimate of drug-likeness (QED) is 0.390. The fraction of sp³-hybridized carbons (Fsp3) is 0.250. The minimum atomic E-state index is -0.128. The van der Waals surface area contributed by atoms with E-state index < -0.39 is 0 Å². The molecule has 0 amide bonds. The van der Waals surface area contributed by atoms with Crippen molar-refractivity contribution in [3.05, 3.63) is 91.6 Å². The first kappa shape index (κ1) is 22.3. The van der Waals surface area contributed by atoms with Gasteiger partial charge in [-0.25, -0.2) is 0 Å². The van der Waals surface area contributed by atoms with E-state index in [-0.39, 0.29) is 18.3 Å². The lowest BCUT2D eigenvalue weighted by molar-refractivity contribution is -0.0165. The van der Waals surface area contributed by atoms with Crippen molar-refractivity contribution in [2.45, 2.75) is 33.5 Å². The second-order valence-corrected chi connectivity index (χ2v) is 10.1. The van der Waals surface area contributed by atoms with Gasteiger partial charge in [0.15, 0.2) is 12.6 Å². The van der Waals surface area contributed by atoms with Crippen LogP contribution in [0.15, 0.2) is 52.7 Å². The molecule has 0 N–H and O–H groups in total. The molecule has 0 saturated carbocycles. The van der Waals surface area contributed by atoms with E-state index in [0.29, 0.717) is 36.9 Å². The number of hydrogen-bond acceptors (Lipinski definition) is 6. The average Bonchev–Trinajstić information content (AvgIpc) is 3.17. The maximum atomic E-state index is 13.4. The molecule has 7 heteroatoms. The Labute approximate surface area is 212 Å². The van der Waals surface area contributed by atoms with Gasteiger partial charge in [0.05, 0.1) is 17.7 Å². The van der Waals surface area contributed by atoms with Crippen molar-refractivity contribution in [1.82, 2.24) is 4.90 Å². The largest absolute Gasteiger partial charge is 0.478 e. The van der Waals surface area contributed by atoms with Crippen LogP contribution in [0.3, 0.4) is 0 Å². The molecule has 3 aromatic carbocycles. The van der Waals surface area contributed by atoms with Crippen molar-refractivity contribution in [2.75, 3.05) is 13.5 Å². The predicted octanol–water partition coefficient (Wildman–Crippen LogP) is 5.90. The molecule has 35 heavy (non-hydrogen) atoms. The fourth-order valence-electron chi connectivity index (χ4n) is 4.79. The predicted molar refractivity (Wildman–Crippen MR) is 134 cm³/mol. The lowest BCUT2D eigenvalue weighted by atomic mass is 9.98. The Kier molecular flexibility index (Phi) is 5.63. The molecule has 0 aromatic heterocycles. The molecular weight excluding hydrogens is 510 g/mol. The third kappa shape index (κ3) is 4.14. The van der Waals surface area contributed by atoms with Crippen LogP contribution in [0, 0.1) is 13.8 Å². The summed E-state index contributed by atoms with van der Waals surface area (Å²) >= 11 is 3.54. The summed E-state index contributed by atoms with van der Waals surface area (Å²) in [6.45, 7) is 6.52. The highest BCUT2D eigenvalue weighted by Gasteiger charge is 2.35. The van der Waals surface area contributed by atoms with Gasteiger partial charge in [-0.15, -0.1) is 0 Å². The summed E-state index contributed by atoms with van der Waals surface area (Å²) in [6, 6.07) is 14.3. The molecule has 3 heterocycles. The number of fused-ring (bicyclic) bond motifs is 4. The Morgan fingerprint density at radius 3 is 2.71 bits per heavy atom. The van der Waals surface area contributed by atoms with Crippen LogP contribution in [0.25, 0.3) is 6.08 Å². The molecule has 0 saturated heterocycles. The van der Waals surface area contributed by atoms with Gasteiger partial charge in [0, 0.05) is 28.7 Å². The molecule has 6 nitrogen and oxygen atoms in total. The number of ketones is 1. The molecule has 0 unspecified atom stereocenters. The number of Topliss-reactive ketones (excluding diaryl/α,β-unsaturated/α-hetero) is 1. The van der Waals surface area contributed by atoms with Gasteiger partial charge < -0.3 is 18.9 Å². The Hall–Kier alpha value is -3.13. The van der Waals surface area contributed by atoms with E-state index in [9.17, 15) is 4.79 Å². The average molecular weight is 534 g/mol. The number of nitrogens with zero attached hydrogens (tertiary/aromatic N) is 1. The summed E-state index contributed by atoms with van der Waals surface area (Å²) in [7, 11) is 0. The van der Waals surface area contributed by atoms with Crippen molar-refractivity contribution in [1.29, 1.82) is 0 Å². The number of carbonyl (C=O) groups is 1. The maximum absolute atomic E-state index is 13.4. The summed E-state index contributed by atoms with van der Waals surface area (Å²) in [6.07, 6.45) is 1.76. The Morgan fingerprint density at radius 2 is 1.89 bits per heavy atom. The third-order valence-electron chi connectivity index (χ3n) is 6.50. The smallest absolute Gasteiger partial charge is 0.232 e. The van der Waals surface area contributed by atoms with Crippen LogP contribution in [0.2, 0.25) is 0 Å². The van der Waals surface area contributed by atoms with Gasteiger partial charge in [0.25, 0.3) is 0 Å². The first-order valence-corrected chi connectivity index (χ1v) is 12.3. The number of allylic oxidation sites excluding steroid dienone is 1. The molecule has 178 valence electrons. The summed E-state index contributed by atoms with van der Waals surface area (Å²) in [5.41, 5.74) is 6.50. The van der Waals surface area contributed by atoms with E-state index in [4.69, 9.17) is 18.9 Å². The number of halogens is 1. The van der Waals surface area contributed by atoms with E-state index in [1.807, 2.05) is 25.1 Å². The molecule has 3 aliphatic heterocycles. The Bertz CT molecular complexity index is 1380. The highest BCUT2D eigenvalue weighted by atomic mass is 79.9. The van der Waals surface area contributed by atoms with Crippen LogP contribution in [0.1, 0.15) is 43.7 Å². The molecule has 0 aliphatic carbocycles. The number of hydrogen-bond donors (Lipinski definition) is 0. The molecule has 0 atom stereocenters. The van der Waals surface area contributed by atoms with Crippen molar-refractivity contribution >= 4 is 27.8 Å². The van der Waals surface area contributed by atoms with Gasteiger partial charge in [0.2, 0.25) is 5.78 Å². The Morgan fingerprint density at radius 1 is 1.06 bits per heavy atom. The highest BCUT2D eigenvalue weighted by molar-refractivity contribution is 9.10. The molecule has 3 aromatic rings.